The molecule has 6 heteroatoms. The van der Waals surface area contributed by atoms with Gasteiger partial charge in [0, 0.05) is 18.7 Å². The molecule has 6 nitrogen and oxygen atoms in total. The normalized spacial score (nSPS) is 17.3. The van der Waals surface area contributed by atoms with Crippen molar-refractivity contribution in [2.24, 2.45) is 0 Å². The molecule has 132 valence electrons. The van der Waals surface area contributed by atoms with Gasteiger partial charge in [-0.05, 0) is 51.1 Å². The average molecular weight is 335 g/mol. The Balaban J connectivity index is 1.76. The van der Waals surface area contributed by atoms with Gasteiger partial charge in [0.1, 0.15) is 12.4 Å². The third-order valence-electron chi connectivity index (χ3n) is 4.15. The van der Waals surface area contributed by atoms with Crippen LogP contribution in [0.3, 0.4) is 0 Å². The number of methoxy groups -OCH3 is 1. The minimum absolute atomic E-state index is 0.0846. The van der Waals surface area contributed by atoms with E-state index in [1.807, 2.05) is 0 Å². The SMILES string of the molecule is COc1ccc(C(=O)C(C)OC(=O)COC2CCN(C)CC2)cc1. The lowest BCUT2D eigenvalue weighted by atomic mass is 10.1. The zero-order valence-electron chi connectivity index (χ0n) is 14.5. The van der Waals surface area contributed by atoms with Gasteiger partial charge in [-0.25, -0.2) is 4.79 Å². The summed E-state index contributed by atoms with van der Waals surface area (Å²) in [6.07, 6.45) is 1.06. The Morgan fingerprint density at radius 3 is 2.42 bits per heavy atom. The van der Waals surface area contributed by atoms with Gasteiger partial charge in [0.05, 0.1) is 13.2 Å². The molecule has 1 aliphatic rings. The first kappa shape index (κ1) is 18.4. The largest absolute Gasteiger partial charge is 0.497 e. The molecular formula is C18H25NO5. The summed E-state index contributed by atoms with van der Waals surface area (Å²) in [5, 5.41) is 0. The Labute approximate surface area is 142 Å². The third-order valence-corrected chi connectivity index (χ3v) is 4.15. The van der Waals surface area contributed by atoms with Crippen molar-refractivity contribution in [2.45, 2.75) is 32.0 Å². The maximum atomic E-state index is 12.3. The predicted molar refractivity (Wildman–Crippen MR) is 89.3 cm³/mol. The number of likely N-dealkylation sites (tertiary alicyclic amines) is 1. The van der Waals surface area contributed by atoms with Crippen molar-refractivity contribution in [3.8, 4) is 5.75 Å². The van der Waals surface area contributed by atoms with E-state index < -0.39 is 12.1 Å². The van der Waals surface area contributed by atoms with Crippen molar-refractivity contribution in [1.29, 1.82) is 0 Å². The van der Waals surface area contributed by atoms with Crippen LogP contribution in [0.1, 0.15) is 30.1 Å². The summed E-state index contributed by atoms with van der Waals surface area (Å²) >= 11 is 0. The molecule has 2 rings (SSSR count). The van der Waals surface area contributed by atoms with E-state index in [1.54, 1.807) is 38.3 Å². The van der Waals surface area contributed by atoms with Crippen molar-refractivity contribution in [3.63, 3.8) is 0 Å². The second-order valence-electron chi connectivity index (χ2n) is 6.04. The fraction of sp³-hybridized carbons (Fsp3) is 0.556. The molecule has 1 atom stereocenters. The highest BCUT2D eigenvalue weighted by atomic mass is 16.6. The molecule has 0 N–H and O–H groups in total. The molecule has 1 unspecified atom stereocenters. The third kappa shape index (κ3) is 5.32. The molecule has 0 bridgehead atoms. The Kier molecular flexibility index (Phi) is 6.75. The monoisotopic (exact) mass is 335 g/mol. The van der Waals surface area contributed by atoms with Crippen molar-refractivity contribution in [2.75, 3.05) is 33.9 Å². The maximum Gasteiger partial charge on any atom is 0.332 e. The number of carbonyl (C=O) groups is 2. The van der Waals surface area contributed by atoms with E-state index in [0.29, 0.717) is 11.3 Å². The van der Waals surface area contributed by atoms with Crippen molar-refractivity contribution in [3.05, 3.63) is 29.8 Å². The van der Waals surface area contributed by atoms with Crippen LogP contribution in [-0.4, -0.2) is 62.7 Å². The number of esters is 1. The van der Waals surface area contributed by atoms with E-state index in [0.717, 1.165) is 25.9 Å². The van der Waals surface area contributed by atoms with Crippen LogP contribution in [0, 0.1) is 0 Å². The molecule has 0 amide bonds. The van der Waals surface area contributed by atoms with Gasteiger partial charge in [-0.15, -0.1) is 0 Å². The Morgan fingerprint density at radius 2 is 1.83 bits per heavy atom. The van der Waals surface area contributed by atoms with E-state index in [4.69, 9.17) is 14.2 Å². The summed E-state index contributed by atoms with van der Waals surface area (Å²) in [6, 6.07) is 6.71. The highest BCUT2D eigenvalue weighted by Gasteiger charge is 2.22. The van der Waals surface area contributed by atoms with Crippen molar-refractivity contribution in [1.82, 2.24) is 4.90 Å². The summed E-state index contributed by atoms with van der Waals surface area (Å²) in [5.41, 5.74) is 0.479. The van der Waals surface area contributed by atoms with E-state index in [2.05, 4.69) is 11.9 Å². The standard InChI is InChI=1S/C18H25NO5/c1-13(18(21)14-4-6-15(22-3)7-5-14)24-17(20)12-23-16-8-10-19(2)11-9-16/h4-7,13,16H,8-12H2,1-3H3. The molecular weight excluding hydrogens is 310 g/mol. The Bertz CT molecular complexity index is 549. The van der Waals surface area contributed by atoms with Gasteiger partial charge in [-0.1, -0.05) is 0 Å². The summed E-state index contributed by atoms with van der Waals surface area (Å²) in [6.45, 7) is 3.38. The molecule has 1 aliphatic heterocycles. The second-order valence-corrected chi connectivity index (χ2v) is 6.04. The van der Waals surface area contributed by atoms with Crippen LogP contribution in [0.25, 0.3) is 0 Å². The molecule has 1 fully saturated rings. The lowest BCUT2D eigenvalue weighted by molar-refractivity contribution is -0.154. The van der Waals surface area contributed by atoms with Crippen LogP contribution in [0.5, 0.6) is 5.75 Å². The first-order valence-corrected chi connectivity index (χ1v) is 8.17. The summed E-state index contributed by atoms with van der Waals surface area (Å²) in [7, 11) is 3.63. The van der Waals surface area contributed by atoms with Gasteiger partial charge in [-0.3, -0.25) is 4.79 Å². The van der Waals surface area contributed by atoms with Crippen LogP contribution >= 0.6 is 0 Å². The van der Waals surface area contributed by atoms with E-state index in [9.17, 15) is 9.59 Å². The number of carbonyl (C=O) groups excluding carboxylic acids is 2. The van der Waals surface area contributed by atoms with Crippen LogP contribution in [-0.2, 0) is 14.3 Å². The van der Waals surface area contributed by atoms with Gasteiger partial charge in [0.25, 0.3) is 0 Å². The van der Waals surface area contributed by atoms with Crippen LogP contribution in [0.4, 0.5) is 0 Å². The molecule has 1 heterocycles. The number of ketones is 1. The number of benzene rings is 1. The molecule has 0 aliphatic carbocycles. The van der Waals surface area contributed by atoms with Gasteiger partial charge in [-0.2, -0.15) is 0 Å². The molecule has 1 aromatic rings. The fourth-order valence-electron chi connectivity index (χ4n) is 2.61. The minimum Gasteiger partial charge on any atom is -0.497 e. The molecule has 0 aromatic heterocycles. The highest BCUT2D eigenvalue weighted by Crippen LogP contribution is 2.15. The fourth-order valence-corrected chi connectivity index (χ4v) is 2.61. The van der Waals surface area contributed by atoms with E-state index in [-0.39, 0.29) is 18.5 Å². The van der Waals surface area contributed by atoms with E-state index in [1.165, 1.54) is 0 Å². The number of Topliss-reactive ketones (excluding diaryl/α,β-unsaturated/α-hetero) is 1. The van der Waals surface area contributed by atoms with Crippen LogP contribution < -0.4 is 4.74 Å². The van der Waals surface area contributed by atoms with Gasteiger partial charge in [0.15, 0.2) is 6.10 Å². The van der Waals surface area contributed by atoms with Gasteiger partial charge in [0.2, 0.25) is 5.78 Å². The molecule has 0 radical (unpaired) electrons. The number of piperidine rings is 1. The first-order valence-electron chi connectivity index (χ1n) is 8.17. The minimum atomic E-state index is -0.841. The molecule has 0 spiro atoms. The lowest BCUT2D eigenvalue weighted by Crippen LogP contribution is -2.35. The first-order chi connectivity index (χ1) is 11.5. The number of hydrogen-bond acceptors (Lipinski definition) is 6. The van der Waals surface area contributed by atoms with Crippen LogP contribution in [0.15, 0.2) is 24.3 Å². The molecule has 1 saturated heterocycles. The second kappa shape index (κ2) is 8.80. The Hall–Kier alpha value is -1.92. The van der Waals surface area contributed by atoms with Gasteiger partial charge < -0.3 is 19.1 Å². The number of hydrogen-bond donors (Lipinski definition) is 0. The zero-order valence-corrected chi connectivity index (χ0v) is 14.5. The highest BCUT2D eigenvalue weighted by molar-refractivity contribution is 6.00. The maximum absolute atomic E-state index is 12.3. The number of nitrogens with zero attached hydrogens (tertiary/aromatic N) is 1. The van der Waals surface area contributed by atoms with Crippen molar-refractivity contribution < 1.29 is 23.8 Å². The van der Waals surface area contributed by atoms with Gasteiger partial charge >= 0.3 is 5.97 Å². The van der Waals surface area contributed by atoms with Crippen molar-refractivity contribution >= 4 is 11.8 Å². The summed E-state index contributed by atoms with van der Waals surface area (Å²) in [5.74, 6) is -0.0868. The zero-order chi connectivity index (χ0) is 17.5. The smallest absolute Gasteiger partial charge is 0.332 e. The number of ether oxygens (including phenoxy) is 3. The number of rotatable bonds is 7. The predicted octanol–water partition coefficient (Wildman–Crippen LogP) is 1.92. The molecule has 1 aromatic carbocycles. The average Bonchev–Trinajstić information content (AvgIpc) is 2.60. The summed E-state index contributed by atoms with van der Waals surface area (Å²) < 4.78 is 15.8. The topological polar surface area (TPSA) is 65.1 Å². The van der Waals surface area contributed by atoms with E-state index >= 15 is 0 Å². The Morgan fingerprint density at radius 1 is 1.21 bits per heavy atom. The summed E-state index contributed by atoms with van der Waals surface area (Å²) in [4.78, 5) is 26.4. The molecule has 24 heavy (non-hydrogen) atoms. The van der Waals surface area contributed by atoms with Crippen LogP contribution in [0.2, 0.25) is 0 Å². The quantitative estimate of drug-likeness (QED) is 0.560. The lowest BCUT2D eigenvalue weighted by Gasteiger charge is -2.28. The molecule has 0 saturated carbocycles.